The standard InChI is InChI=1S/C10H18N.7W/c1-6-11(10(4)5)8-7-9(2)3;;;;;;;/h8-10H,1-5H3;;;;;;;/q-1;;;;;;;. The molecule has 18 heavy (non-hydrogen) atoms. The summed E-state index contributed by atoms with van der Waals surface area (Å²) in [6.07, 6.45) is 5.38. The van der Waals surface area contributed by atoms with Crippen LogP contribution in [0.4, 0.5) is 0 Å². The van der Waals surface area contributed by atoms with E-state index in [-0.39, 0.29) is 126 Å². The van der Waals surface area contributed by atoms with E-state index in [1.165, 1.54) is 23.4 Å². The summed E-state index contributed by atoms with van der Waals surface area (Å²) in [6.45, 7) is 10.9. The van der Waals surface area contributed by atoms with Crippen LogP contribution >= 0.6 is 0 Å². The van der Waals surface area contributed by atoms with E-state index in [2.05, 4.69) is 51.8 Å². The van der Waals surface area contributed by atoms with Gasteiger partial charge in [-0.05, 0) is 0 Å². The molecule has 0 fully saturated rings. The fraction of sp³-hybridized carbons (Fsp3) is 0.700. The van der Waals surface area contributed by atoms with Gasteiger partial charge in [-0.25, -0.2) is 0 Å². The van der Waals surface area contributed by atoms with E-state index >= 15 is 0 Å². The molecular weight excluding hydrogens is 1420 g/mol. The van der Waals surface area contributed by atoms with Crippen LogP contribution in [-0.4, -0.2) is 15.0 Å². The predicted molar refractivity (Wildman–Crippen MR) is 50.3 cm³/mol. The first-order valence-electron chi connectivity index (χ1n) is 4.33. The molecule has 0 aromatic heterocycles. The molecule has 0 aliphatic heterocycles. The Balaban J connectivity index is -0.0000000403. The molecule has 0 aromatic carbocycles. The largest absolute Gasteiger partial charge is 0 e. The summed E-state index contributed by atoms with van der Waals surface area (Å²) >= 11 is 1.53. The third-order valence-electron chi connectivity index (χ3n) is 1.47. The molecular formula is C10H18NW7-. The average molecular weight is 1440 g/mol. The zero-order valence-corrected chi connectivity index (χ0v) is 31.6. The molecule has 0 aliphatic rings. The maximum Gasteiger partial charge on any atom is 0 e. The minimum Gasteiger partial charge on any atom is 0 e. The molecule has 0 atom stereocenters. The van der Waals surface area contributed by atoms with Crippen LogP contribution in [0.1, 0.15) is 34.6 Å². The number of nitrogens with zero attached hydrogens (tertiary/aromatic N) is 1. The van der Waals surface area contributed by atoms with Crippen molar-refractivity contribution in [3.05, 3.63) is 12.3 Å². The fourth-order valence-electron chi connectivity index (χ4n) is 0.833. The van der Waals surface area contributed by atoms with Crippen molar-refractivity contribution >= 4 is 4.02 Å². The molecule has 106 valence electrons. The van der Waals surface area contributed by atoms with Gasteiger partial charge in [-0.2, -0.15) is 0 Å². The van der Waals surface area contributed by atoms with Crippen LogP contribution in [0.15, 0.2) is 6.20 Å². The van der Waals surface area contributed by atoms with E-state index in [0.717, 1.165) is 0 Å². The molecule has 0 aliphatic carbocycles. The molecule has 0 rings (SSSR count). The van der Waals surface area contributed by atoms with Gasteiger partial charge < -0.3 is 0 Å². The molecule has 0 spiro atoms. The summed E-state index contributed by atoms with van der Waals surface area (Å²) in [6, 6.07) is 0.550. The monoisotopic (exact) mass is 1440 g/mol. The summed E-state index contributed by atoms with van der Waals surface area (Å²) in [4.78, 5) is 2.27. The van der Waals surface area contributed by atoms with E-state index in [9.17, 15) is 0 Å². The van der Waals surface area contributed by atoms with Gasteiger partial charge >= 0.3 is 87.1 Å². The van der Waals surface area contributed by atoms with Gasteiger partial charge in [0.2, 0.25) is 0 Å². The average Bonchev–Trinajstić information content (AvgIpc) is 1.84. The molecule has 0 N–H and O–H groups in total. The third-order valence-corrected chi connectivity index (χ3v) is 2.22. The maximum absolute atomic E-state index is 3.30. The first kappa shape index (κ1) is 43.2. The van der Waals surface area contributed by atoms with Gasteiger partial charge in [0.15, 0.2) is 0 Å². The van der Waals surface area contributed by atoms with Gasteiger partial charge in [0.05, 0.1) is 0 Å². The second-order valence-corrected chi connectivity index (χ2v) is 5.59. The molecule has 0 saturated heterocycles. The first-order valence-corrected chi connectivity index (χ1v) is 5.80. The van der Waals surface area contributed by atoms with Crippen LogP contribution < -0.4 is 0 Å². The molecule has 0 saturated carbocycles. The van der Waals surface area contributed by atoms with Gasteiger partial charge in [-0.3, -0.25) is 0 Å². The van der Waals surface area contributed by atoms with E-state index in [1.807, 2.05) is 0 Å². The Labute approximate surface area is 210 Å². The Morgan fingerprint density at radius 3 is 1.44 bits per heavy atom. The quantitative estimate of drug-likeness (QED) is 0.392. The number of allylic oxidation sites excluding steroid dienone is 1. The summed E-state index contributed by atoms with van der Waals surface area (Å²) in [5.74, 6) is 0.514. The SMILES string of the molecule is C[C](=[W])N(C=[C-]C(C)C)C(C)C.[W].[W].[W].[W].[W].[W]. The molecule has 8 heteroatoms. The van der Waals surface area contributed by atoms with Crippen molar-refractivity contribution in [1.29, 1.82) is 0 Å². The van der Waals surface area contributed by atoms with Gasteiger partial charge in [-0.15, -0.1) is 0 Å². The van der Waals surface area contributed by atoms with E-state index in [0.29, 0.717) is 12.0 Å². The topological polar surface area (TPSA) is 3.24 Å². The molecule has 0 bridgehead atoms. The molecule has 0 heterocycles. The van der Waals surface area contributed by atoms with Gasteiger partial charge in [0, 0.05) is 126 Å². The van der Waals surface area contributed by atoms with Gasteiger partial charge in [0.25, 0.3) is 0 Å². The minimum absolute atomic E-state index is 0. The summed E-state index contributed by atoms with van der Waals surface area (Å²) in [5.41, 5.74) is 0. The van der Waals surface area contributed by atoms with Gasteiger partial charge in [-0.1, -0.05) is 0 Å². The minimum atomic E-state index is 0. The molecule has 0 unspecified atom stereocenters. The third kappa shape index (κ3) is 25.2. The second-order valence-electron chi connectivity index (χ2n) is 3.47. The van der Waals surface area contributed by atoms with Crippen LogP contribution in [0.5, 0.6) is 0 Å². The molecule has 1 nitrogen and oxygen atoms in total. The van der Waals surface area contributed by atoms with Crippen LogP contribution in [0.25, 0.3) is 0 Å². The zero-order chi connectivity index (χ0) is 9.72. The molecule has 0 radical (unpaired) electrons. The Morgan fingerprint density at radius 1 is 0.944 bits per heavy atom. The van der Waals surface area contributed by atoms with Crippen LogP contribution in [0.3, 0.4) is 0 Å². The van der Waals surface area contributed by atoms with Crippen LogP contribution in [0, 0.1) is 12.0 Å². The Hall–Kier alpha value is 4.23. The van der Waals surface area contributed by atoms with Crippen molar-refractivity contribution in [3.8, 4) is 0 Å². The van der Waals surface area contributed by atoms with Crippen molar-refractivity contribution in [2.45, 2.75) is 40.7 Å². The van der Waals surface area contributed by atoms with Crippen molar-refractivity contribution < 1.29 is 146 Å². The van der Waals surface area contributed by atoms with Crippen molar-refractivity contribution in [1.82, 2.24) is 4.90 Å². The molecule has 0 amide bonds. The summed E-state index contributed by atoms with van der Waals surface area (Å²) in [7, 11) is 0. The van der Waals surface area contributed by atoms with Crippen molar-refractivity contribution in [2.24, 2.45) is 5.92 Å². The molecule has 0 aromatic rings. The number of hydrogen-bond donors (Lipinski definition) is 0. The summed E-state index contributed by atoms with van der Waals surface area (Å²) in [5, 5.41) is 0. The zero-order valence-electron chi connectivity index (χ0n) is 11.0. The Bertz CT molecular complexity index is 183. The number of rotatable bonds is 4. The van der Waals surface area contributed by atoms with Gasteiger partial charge in [0.1, 0.15) is 0 Å². The summed E-state index contributed by atoms with van der Waals surface area (Å²) < 4.78 is 1.40. The smallest absolute Gasteiger partial charge is 0 e. The second kappa shape index (κ2) is 26.1. The normalized spacial score (nSPS) is 7.72. The fourth-order valence-corrected chi connectivity index (χ4v) is 1.78. The van der Waals surface area contributed by atoms with Crippen LogP contribution in [-0.2, 0) is 146 Å². The van der Waals surface area contributed by atoms with Crippen molar-refractivity contribution in [2.75, 3.05) is 0 Å². The van der Waals surface area contributed by atoms with Crippen molar-refractivity contribution in [3.63, 3.8) is 0 Å². The Kier molecular flexibility index (Phi) is 62.7. The first-order chi connectivity index (χ1) is 5.45. The van der Waals surface area contributed by atoms with E-state index in [1.54, 1.807) is 0 Å². The maximum atomic E-state index is 3.30. The number of hydrogen-bond acceptors (Lipinski definition) is 1. The predicted octanol–water partition coefficient (Wildman–Crippen LogP) is 2.35. The van der Waals surface area contributed by atoms with E-state index < -0.39 is 0 Å². The van der Waals surface area contributed by atoms with E-state index in [4.69, 9.17) is 0 Å². The van der Waals surface area contributed by atoms with Crippen LogP contribution in [0.2, 0.25) is 0 Å². The Morgan fingerprint density at radius 2 is 1.28 bits per heavy atom.